The molecule has 0 amide bonds. The Balaban J connectivity index is 2.67. The third-order valence-electron chi connectivity index (χ3n) is 2.98. The third kappa shape index (κ3) is 5.20. The monoisotopic (exact) mass is 284 g/mol. The number of aryl methyl sites for hydroxylation is 1. The van der Waals surface area contributed by atoms with Gasteiger partial charge in [-0.2, -0.15) is 0 Å². The zero-order valence-corrected chi connectivity index (χ0v) is 12.8. The summed E-state index contributed by atoms with van der Waals surface area (Å²) in [5.74, 6) is 0. The highest BCUT2D eigenvalue weighted by atomic mass is 32.2. The van der Waals surface area contributed by atoms with Gasteiger partial charge in [0.05, 0.1) is 5.25 Å². The Bertz CT molecular complexity index is 486. The highest BCUT2D eigenvalue weighted by Gasteiger charge is 2.20. The molecule has 0 aliphatic carbocycles. The topological polar surface area (TPSA) is 58.2 Å². The molecule has 1 unspecified atom stereocenters. The van der Waals surface area contributed by atoms with E-state index in [0.717, 1.165) is 24.9 Å². The zero-order valence-electron chi connectivity index (χ0n) is 11.9. The van der Waals surface area contributed by atoms with E-state index >= 15 is 0 Å². The Hall–Kier alpha value is -1.07. The smallest absolute Gasteiger partial charge is 0.236 e. The van der Waals surface area contributed by atoms with Gasteiger partial charge in [0.15, 0.2) is 0 Å². The highest BCUT2D eigenvalue weighted by Crippen LogP contribution is 2.14. The van der Waals surface area contributed by atoms with Gasteiger partial charge in [0.2, 0.25) is 10.0 Å². The first-order valence-corrected chi connectivity index (χ1v) is 8.35. The van der Waals surface area contributed by atoms with E-state index in [1.165, 1.54) is 0 Å². The first-order valence-electron chi connectivity index (χ1n) is 6.80. The van der Waals surface area contributed by atoms with Crippen LogP contribution in [0.1, 0.15) is 32.8 Å². The summed E-state index contributed by atoms with van der Waals surface area (Å²) >= 11 is 0. The maximum Gasteiger partial charge on any atom is 0.236 e. The van der Waals surface area contributed by atoms with Gasteiger partial charge >= 0.3 is 0 Å². The molecule has 0 saturated heterocycles. The molecule has 1 aromatic carbocycles. The van der Waals surface area contributed by atoms with Gasteiger partial charge in [-0.1, -0.05) is 26.0 Å². The number of nitrogens with one attached hydrogen (secondary N) is 2. The van der Waals surface area contributed by atoms with Crippen LogP contribution in [0.25, 0.3) is 0 Å². The lowest BCUT2D eigenvalue weighted by molar-refractivity contribution is 0.576. The minimum Gasteiger partial charge on any atom is -0.315 e. The van der Waals surface area contributed by atoms with Crippen molar-refractivity contribution in [3.05, 3.63) is 29.8 Å². The normalized spacial score (nSPS) is 13.2. The Morgan fingerprint density at radius 1 is 1.26 bits per heavy atom. The molecular weight excluding hydrogens is 260 g/mol. The van der Waals surface area contributed by atoms with E-state index in [2.05, 4.69) is 17.0 Å². The average molecular weight is 284 g/mol. The van der Waals surface area contributed by atoms with Crippen LogP contribution in [0.2, 0.25) is 0 Å². The quantitative estimate of drug-likeness (QED) is 0.721. The Kier molecular flexibility index (Phi) is 6.31. The first kappa shape index (κ1) is 16.0. The van der Waals surface area contributed by atoms with E-state index in [1.54, 1.807) is 13.0 Å². The van der Waals surface area contributed by atoms with Crippen LogP contribution in [-0.4, -0.2) is 26.8 Å². The molecule has 19 heavy (non-hydrogen) atoms. The molecule has 1 rings (SSSR count). The summed E-state index contributed by atoms with van der Waals surface area (Å²) in [6, 6.07) is 7.52. The van der Waals surface area contributed by atoms with Crippen LogP contribution < -0.4 is 10.0 Å². The molecule has 0 aliphatic rings. The summed E-state index contributed by atoms with van der Waals surface area (Å²) in [7, 11) is -3.33. The van der Waals surface area contributed by atoms with Crippen molar-refractivity contribution in [3.8, 4) is 0 Å². The van der Waals surface area contributed by atoms with Crippen LogP contribution in [0.15, 0.2) is 24.3 Å². The average Bonchev–Trinajstić information content (AvgIpc) is 2.38. The molecule has 0 spiro atoms. The van der Waals surface area contributed by atoms with E-state index in [0.29, 0.717) is 12.2 Å². The minimum absolute atomic E-state index is 0.454. The molecule has 4 nitrogen and oxygen atoms in total. The lowest BCUT2D eigenvalue weighted by atomic mass is 10.1. The molecule has 0 aliphatic heterocycles. The van der Waals surface area contributed by atoms with Gasteiger partial charge < -0.3 is 5.32 Å². The number of sulfonamides is 1. The summed E-state index contributed by atoms with van der Waals surface area (Å²) in [5.41, 5.74) is 1.76. The standard InChI is InChI=1S/C14H24N2O2S/c1-4-9-15-11-12(3)19(17,18)16-14-8-6-7-13(5-2)10-14/h6-8,10,12,15-16H,4-5,9,11H2,1-3H3. The van der Waals surface area contributed by atoms with Crippen molar-refractivity contribution < 1.29 is 8.42 Å². The Morgan fingerprint density at radius 2 is 2.00 bits per heavy atom. The van der Waals surface area contributed by atoms with Crippen molar-refractivity contribution in [1.82, 2.24) is 5.32 Å². The summed E-state index contributed by atoms with van der Waals surface area (Å²) in [4.78, 5) is 0. The molecule has 0 bridgehead atoms. The maximum atomic E-state index is 12.1. The molecule has 0 fully saturated rings. The zero-order chi connectivity index (χ0) is 14.3. The van der Waals surface area contributed by atoms with Crippen LogP contribution in [0.5, 0.6) is 0 Å². The van der Waals surface area contributed by atoms with Crippen molar-refractivity contribution in [2.75, 3.05) is 17.8 Å². The fraction of sp³-hybridized carbons (Fsp3) is 0.571. The van der Waals surface area contributed by atoms with Gasteiger partial charge in [-0.25, -0.2) is 8.42 Å². The van der Waals surface area contributed by atoms with E-state index < -0.39 is 15.3 Å². The molecule has 0 saturated carbocycles. The number of hydrogen-bond acceptors (Lipinski definition) is 3. The molecule has 1 atom stereocenters. The van der Waals surface area contributed by atoms with Crippen molar-refractivity contribution >= 4 is 15.7 Å². The van der Waals surface area contributed by atoms with E-state index in [-0.39, 0.29) is 0 Å². The first-order chi connectivity index (χ1) is 8.99. The summed E-state index contributed by atoms with van der Waals surface area (Å²) in [6.07, 6.45) is 1.89. The van der Waals surface area contributed by atoms with Crippen LogP contribution in [0.3, 0.4) is 0 Å². The fourth-order valence-corrected chi connectivity index (χ4v) is 2.71. The van der Waals surface area contributed by atoms with Crippen molar-refractivity contribution in [1.29, 1.82) is 0 Å². The van der Waals surface area contributed by atoms with Gasteiger partial charge in [0.25, 0.3) is 0 Å². The second-order valence-corrected chi connectivity index (χ2v) is 6.81. The fourth-order valence-electron chi connectivity index (χ4n) is 1.71. The Labute approximate surface area is 116 Å². The van der Waals surface area contributed by atoms with Gasteiger partial charge in [0, 0.05) is 12.2 Å². The van der Waals surface area contributed by atoms with Crippen LogP contribution >= 0.6 is 0 Å². The maximum absolute atomic E-state index is 12.1. The number of hydrogen-bond donors (Lipinski definition) is 2. The van der Waals surface area contributed by atoms with Crippen LogP contribution in [-0.2, 0) is 16.4 Å². The Morgan fingerprint density at radius 3 is 2.63 bits per heavy atom. The number of benzene rings is 1. The number of anilines is 1. The molecule has 5 heteroatoms. The van der Waals surface area contributed by atoms with Gasteiger partial charge in [-0.05, 0) is 44.0 Å². The third-order valence-corrected chi connectivity index (χ3v) is 4.73. The van der Waals surface area contributed by atoms with E-state index in [9.17, 15) is 8.42 Å². The molecule has 0 heterocycles. The lowest BCUT2D eigenvalue weighted by Gasteiger charge is -2.15. The van der Waals surface area contributed by atoms with Gasteiger partial charge in [0.1, 0.15) is 0 Å². The van der Waals surface area contributed by atoms with Gasteiger partial charge in [-0.3, -0.25) is 4.72 Å². The van der Waals surface area contributed by atoms with Crippen LogP contribution in [0, 0.1) is 0 Å². The van der Waals surface area contributed by atoms with Crippen LogP contribution in [0.4, 0.5) is 5.69 Å². The summed E-state index contributed by atoms with van der Waals surface area (Å²) in [6.45, 7) is 7.13. The predicted octanol–water partition coefficient (Wildman–Crippen LogP) is 2.38. The molecule has 108 valence electrons. The van der Waals surface area contributed by atoms with Gasteiger partial charge in [-0.15, -0.1) is 0 Å². The second-order valence-electron chi connectivity index (χ2n) is 4.72. The van der Waals surface area contributed by atoms with Crippen molar-refractivity contribution in [3.63, 3.8) is 0 Å². The SMILES string of the molecule is CCCNCC(C)S(=O)(=O)Nc1cccc(CC)c1. The van der Waals surface area contributed by atoms with E-state index in [1.807, 2.05) is 25.1 Å². The van der Waals surface area contributed by atoms with Crippen molar-refractivity contribution in [2.24, 2.45) is 0 Å². The molecular formula is C14H24N2O2S. The second kappa shape index (κ2) is 7.50. The van der Waals surface area contributed by atoms with E-state index in [4.69, 9.17) is 0 Å². The highest BCUT2D eigenvalue weighted by molar-refractivity contribution is 7.93. The van der Waals surface area contributed by atoms with Crippen molar-refractivity contribution in [2.45, 2.75) is 38.9 Å². The summed E-state index contributed by atoms with van der Waals surface area (Å²) in [5, 5.41) is 2.68. The lowest BCUT2D eigenvalue weighted by Crippen LogP contribution is -2.35. The molecule has 1 aromatic rings. The predicted molar refractivity (Wildman–Crippen MR) is 81.0 cm³/mol. The molecule has 0 aromatic heterocycles. The molecule has 0 radical (unpaired) electrons. The molecule has 2 N–H and O–H groups in total. The summed E-state index contributed by atoms with van der Waals surface area (Å²) < 4.78 is 26.9. The number of rotatable bonds is 8. The largest absolute Gasteiger partial charge is 0.315 e. The minimum atomic E-state index is -3.33.